The van der Waals surface area contributed by atoms with Gasteiger partial charge in [0.05, 0.1) is 33.2 Å². The Morgan fingerprint density at radius 3 is 2.67 bits per heavy atom. The van der Waals surface area contributed by atoms with Crippen molar-refractivity contribution in [3.8, 4) is 23.0 Å². The molecule has 2 aromatic heterocycles. The van der Waals surface area contributed by atoms with Crippen molar-refractivity contribution in [2.45, 2.75) is 49.2 Å². The first-order valence-electron chi connectivity index (χ1n) is 14.0. The Balaban J connectivity index is 1.42. The lowest BCUT2D eigenvalue weighted by Gasteiger charge is -2.30. The summed E-state index contributed by atoms with van der Waals surface area (Å²) in [6.07, 6.45) is -6.60. The summed E-state index contributed by atoms with van der Waals surface area (Å²) in [4.78, 5) is 13.9. The Bertz CT molecular complexity index is 1820. The van der Waals surface area contributed by atoms with Crippen molar-refractivity contribution in [3.63, 3.8) is 0 Å². The number of benzene rings is 2. The van der Waals surface area contributed by atoms with Crippen molar-refractivity contribution in [2.75, 3.05) is 38.5 Å². The van der Waals surface area contributed by atoms with E-state index in [1.54, 1.807) is 0 Å². The minimum atomic E-state index is -5.19. The van der Waals surface area contributed by atoms with E-state index in [0.29, 0.717) is 30.4 Å². The normalized spacial score (nSPS) is 25.0. The monoisotopic (exact) mass is 660 g/mol. The molecule has 0 bridgehead atoms. The number of thiazole rings is 1. The third kappa shape index (κ3) is 5.08. The van der Waals surface area contributed by atoms with Crippen molar-refractivity contribution in [2.24, 2.45) is 0 Å². The Labute approximate surface area is 253 Å². The summed E-state index contributed by atoms with van der Waals surface area (Å²) in [7, 11) is 0. The predicted molar refractivity (Wildman–Crippen MR) is 148 cm³/mol. The quantitative estimate of drug-likeness (QED) is 0.254. The van der Waals surface area contributed by atoms with Gasteiger partial charge in [-0.25, -0.2) is 26.9 Å². The van der Waals surface area contributed by atoms with Crippen LogP contribution in [-0.2, 0) is 6.18 Å². The van der Waals surface area contributed by atoms with Gasteiger partial charge in [-0.05, 0) is 37.6 Å². The van der Waals surface area contributed by atoms with Gasteiger partial charge in [-0.1, -0.05) is 11.3 Å². The molecule has 240 valence electrons. The third-order valence-electron chi connectivity index (χ3n) is 8.61. The lowest BCUT2D eigenvalue weighted by molar-refractivity contribution is -0.137. The third-order valence-corrected chi connectivity index (χ3v) is 9.50. The molecule has 3 aliphatic rings. The number of anilines is 1. The Morgan fingerprint density at radius 2 is 1.93 bits per heavy atom. The molecule has 0 spiro atoms. The topological polar surface area (TPSA) is 98.4 Å². The van der Waals surface area contributed by atoms with Crippen LogP contribution >= 0.6 is 11.3 Å². The van der Waals surface area contributed by atoms with Crippen molar-refractivity contribution in [1.29, 1.82) is 0 Å². The van der Waals surface area contributed by atoms with Crippen LogP contribution in [0.4, 0.5) is 40.3 Å². The van der Waals surface area contributed by atoms with E-state index >= 15 is 4.39 Å². The van der Waals surface area contributed by atoms with Crippen molar-refractivity contribution >= 4 is 37.6 Å². The van der Waals surface area contributed by atoms with E-state index in [0.717, 1.165) is 18.6 Å². The van der Waals surface area contributed by atoms with Crippen molar-refractivity contribution in [3.05, 3.63) is 35.4 Å². The summed E-state index contributed by atoms with van der Waals surface area (Å²) in [6.45, 7) is -0.421. The zero-order valence-electron chi connectivity index (χ0n) is 23.2. The number of nitrogens with two attached hydrogens (primary N) is 1. The van der Waals surface area contributed by atoms with Gasteiger partial charge in [-0.2, -0.15) is 23.1 Å². The van der Waals surface area contributed by atoms with Crippen LogP contribution in [0, 0.1) is 11.6 Å². The van der Waals surface area contributed by atoms with Gasteiger partial charge in [0.25, 0.3) is 5.92 Å². The zero-order valence-corrected chi connectivity index (χ0v) is 24.0. The van der Waals surface area contributed by atoms with Crippen LogP contribution in [0.15, 0.2) is 18.2 Å². The molecule has 0 amide bonds. The fraction of sp³-hybridized carbons (Fsp3) is 0.464. The molecule has 3 aliphatic heterocycles. The molecule has 45 heavy (non-hydrogen) atoms. The maximum Gasteiger partial charge on any atom is 0.417 e. The van der Waals surface area contributed by atoms with Crippen molar-refractivity contribution in [1.82, 2.24) is 25.2 Å². The lowest BCUT2D eigenvalue weighted by Crippen LogP contribution is -2.43. The summed E-state index contributed by atoms with van der Waals surface area (Å²) < 4.78 is 129. The number of fused-ring (bicyclic) bond motifs is 3. The van der Waals surface area contributed by atoms with Crippen molar-refractivity contribution < 1.29 is 44.6 Å². The van der Waals surface area contributed by atoms with Crippen LogP contribution in [-0.4, -0.2) is 76.4 Å². The number of hydrogen-bond donors (Lipinski definition) is 2. The van der Waals surface area contributed by atoms with Gasteiger partial charge in [0, 0.05) is 30.6 Å². The number of aromatic nitrogens is 3. The number of hydrogen-bond acceptors (Lipinski definition) is 9. The van der Waals surface area contributed by atoms with Gasteiger partial charge in [0.2, 0.25) is 5.88 Å². The molecule has 0 saturated carbocycles. The van der Waals surface area contributed by atoms with Crippen LogP contribution in [0.5, 0.6) is 11.9 Å². The number of rotatable bonds is 6. The molecule has 2 aromatic carbocycles. The first-order valence-corrected chi connectivity index (χ1v) is 14.8. The molecular formula is C28H24F8N6O2S. The smallest absolute Gasteiger partial charge is 0.417 e. The number of ether oxygens (including phenoxy) is 2. The molecule has 3 atom stereocenters. The maximum atomic E-state index is 16.5. The maximum absolute atomic E-state index is 16.5. The fourth-order valence-corrected chi connectivity index (χ4v) is 7.32. The molecule has 5 heterocycles. The summed E-state index contributed by atoms with van der Waals surface area (Å²) in [5.41, 5.74) is 1.04. The molecule has 3 saturated heterocycles. The summed E-state index contributed by atoms with van der Waals surface area (Å²) in [5.74, 6) is -6.51. The van der Waals surface area contributed by atoms with Gasteiger partial charge in [0.15, 0.2) is 17.1 Å². The van der Waals surface area contributed by atoms with Gasteiger partial charge < -0.3 is 20.5 Å². The number of nitrogens with one attached hydrogen (secondary N) is 1. The molecule has 0 aliphatic carbocycles. The molecule has 3 unspecified atom stereocenters. The highest BCUT2D eigenvalue weighted by Gasteiger charge is 2.50. The van der Waals surface area contributed by atoms with Crippen LogP contribution in [0.25, 0.3) is 32.2 Å². The van der Waals surface area contributed by atoms with E-state index in [2.05, 4.69) is 20.3 Å². The number of nitrogens with zero attached hydrogens (tertiary/aromatic N) is 4. The molecule has 7 rings (SSSR count). The highest BCUT2D eigenvalue weighted by molar-refractivity contribution is 7.22. The zero-order chi connectivity index (χ0) is 31.9. The van der Waals surface area contributed by atoms with Crippen LogP contribution in [0.3, 0.4) is 0 Å². The molecule has 3 N–H and O–H groups in total. The standard InChI is InChI=1S/C28H24F8N6O2S/c29-12-7-26(4-1-5-42(26)9-12)11-43-25-40-20-14(23(41-25)44-17-8-38-10-27(17,32)33)6-15(28(34,35)36)18(19(20)31)13-2-3-16(30)22-21(13)39-24(37)45-22/h2-3,6,12,17,38H,1,4-5,7-11H2,(H2,37,39). The molecule has 8 nitrogen and oxygen atoms in total. The first kappa shape index (κ1) is 30.1. The molecule has 0 radical (unpaired) electrons. The second-order valence-electron chi connectivity index (χ2n) is 11.5. The van der Waals surface area contributed by atoms with E-state index in [-0.39, 0.29) is 41.5 Å². The highest BCUT2D eigenvalue weighted by atomic mass is 32.1. The molecule has 4 aromatic rings. The SMILES string of the molecule is Nc1nc2c(-c3c(C(F)(F)F)cc4c(OC5CNCC5(F)F)nc(OCC56CCCN5CC(F)C6)nc4c3F)ccc(F)c2s1. The number of halogens is 8. The predicted octanol–water partition coefficient (Wildman–Crippen LogP) is 5.73. The van der Waals surface area contributed by atoms with E-state index in [1.165, 1.54) is 0 Å². The van der Waals surface area contributed by atoms with Gasteiger partial charge in [-0.15, -0.1) is 0 Å². The Hall–Kier alpha value is -3.57. The minimum Gasteiger partial charge on any atom is -0.466 e. The van der Waals surface area contributed by atoms with E-state index < -0.39 is 87.6 Å². The Kier molecular flexibility index (Phi) is 7.01. The largest absolute Gasteiger partial charge is 0.466 e. The van der Waals surface area contributed by atoms with Crippen LogP contribution in [0.1, 0.15) is 24.8 Å². The van der Waals surface area contributed by atoms with Gasteiger partial charge in [-0.3, -0.25) is 4.90 Å². The van der Waals surface area contributed by atoms with E-state index in [9.17, 15) is 30.7 Å². The first-order chi connectivity index (χ1) is 21.3. The fourth-order valence-electron chi connectivity index (χ4n) is 6.56. The second kappa shape index (κ2) is 10.5. The van der Waals surface area contributed by atoms with E-state index in [4.69, 9.17) is 15.2 Å². The minimum absolute atomic E-state index is 0.134. The summed E-state index contributed by atoms with van der Waals surface area (Å²) in [6, 6.07) is 1.75. The van der Waals surface area contributed by atoms with Gasteiger partial charge in [0.1, 0.15) is 24.1 Å². The average molecular weight is 661 g/mol. The second-order valence-corrected chi connectivity index (χ2v) is 12.5. The molecular weight excluding hydrogens is 636 g/mol. The number of nitrogen functional groups attached to an aromatic ring is 1. The average Bonchev–Trinajstić information content (AvgIpc) is 3.70. The molecule has 3 fully saturated rings. The number of alkyl halides is 6. The van der Waals surface area contributed by atoms with Crippen LogP contribution < -0.4 is 20.5 Å². The summed E-state index contributed by atoms with van der Waals surface area (Å²) >= 11 is 0.673. The Morgan fingerprint density at radius 1 is 1.13 bits per heavy atom. The highest BCUT2D eigenvalue weighted by Crippen LogP contribution is 2.47. The van der Waals surface area contributed by atoms with Crippen LogP contribution in [0.2, 0.25) is 0 Å². The van der Waals surface area contributed by atoms with E-state index in [1.807, 2.05) is 4.90 Å². The molecule has 17 heteroatoms. The van der Waals surface area contributed by atoms with Gasteiger partial charge >= 0.3 is 12.2 Å². The summed E-state index contributed by atoms with van der Waals surface area (Å²) in [5, 5.41) is 1.65. The lowest BCUT2D eigenvalue weighted by atomic mass is 9.95.